The number of hydrogen-bond donors (Lipinski definition) is 4. The minimum absolute atomic E-state index is 0.0337. The number of halogens is 1. The third-order valence-electron chi connectivity index (χ3n) is 6.05. The number of nitrogens with one attached hydrogen (secondary N) is 3. The minimum Gasteiger partial charge on any atom is -0.481 e. The highest BCUT2D eigenvalue weighted by atomic mass is 19.1. The van der Waals surface area contributed by atoms with Gasteiger partial charge in [0, 0.05) is 11.3 Å². The van der Waals surface area contributed by atoms with Gasteiger partial charge in [-0.05, 0) is 86.7 Å². The number of rotatable bonds is 8. The normalized spacial score (nSPS) is 11.6. The fourth-order valence-corrected chi connectivity index (χ4v) is 4.50. The molecule has 9 heteroatoms. The first-order chi connectivity index (χ1) is 17.4. The molecule has 1 heterocycles. The van der Waals surface area contributed by atoms with Crippen LogP contribution < -0.4 is 16.2 Å². The number of carbonyl (C=O) groups is 3. The first kappa shape index (κ1) is 27.3. The summed E-state index contributed by atoms with van der Waals surface area (Å²) in [6.45, 7) is 8.60. The van der Waals surface area contributed by atoms with Gasteiger partial charge in [-0.25, -0.2) is 4.39 Å². The zero-order valence-electron chi connectivity index (χ0n) is 21.4. The fraction of sp³-hybridized carbons (Fsp3) is 0.286. The van der Waals surface area contributed by atoms with E-state index in [4.69, 9.17) is 0 Å². The Morgan fingerprint density at radius 3 is 2.22 bits per heavy atom. The Balaban J connectivity index is 1.88. The van der Waals surface area contributed by atoms with Crippen molar-refractivity contribution >= 4 is 17.8 Å². The Kier molecular flexibility index (Phi) is 8.27. The van der Waals surface area contributed by atoms with Crippen LogP contribution in [0.3, 0.4) is 0 Å². The van der Waals surface area contributed by atoms with Gasteiger partial charge in [-0.1, -0.05) is 17.7 Å². The molecule has 0 aliphatic heterocycles. The summed E-state index contributed by atoms with van der Waals surface area (Å²) in [5.41, 5.74) is 4.83. The van der Waals surface area contributed by atoms with Gasteiger partial charge in [0.1, 0.15) is 11.4 Å². The summed E-state index contributed by atoms with van der Waals surface area (Å²) >= 11 is 0. The lowest BCUT2D eigenvalue weighted by atomic mass is 9.89. The van der Waals surface area contributed by atoms with Crippen LogP contribution in [0.15, 0.2) is 41.2 Å². The van der Waals surface area contributed by atoms with Crippen LogP contribution in [0.25, 0.3) is 11.1 Å². The number of carboxylic acid groups (broad SMARTS) is 1. The van der Waals surface area contributed by atoms with Gasteiger partial charge in [0.05, 0.1) is 19.0 Å². The molecule has 0 bridgehead atoms. The lowest BCUT2D eigenvalue weighted by Crippen LogP contribution is -2.40. The first-order valence-corrected chi connectivity index (χ1v) is 11.7. The molecule has 4 N–H and O–H groups in total. The third-order valence-corrected chi connectivity index (χ3v) is 6.05. The highest BCUT2D eigenvalue weighted by molar-refractivity contribution is 5.96. The number of aromatic amines is 1. The van der Waals surface area contributed by atoms with Crippen LogP contribution in [0, 0.1) is 40.4 Å². The van der Waals surface area contributed by atoms with Crippen LogP contribution in [-0.4, -0.2) is 34.4 Å². The van der Waals surface area contributed by atoms with E-state index in [0.29, 0.717) is 16.8 Å². The Hall–Kier alpha value is -4.27. The van der Waals surface area contributed by atoms with Gasteiger partial charge < -0.3 is 20.7 Å². The molecule has 3 aromatic rings. The predicted octanol–water partition coefficient (Wildman–Crippen LogP) is 3.79. The van der Waals surface area contributed by atoms with E-state index in [2.05, 4.69) is 15.6 Å². The summed E-state index contributed by atoms with van der Waals surface area (Å²) in [6, 6.07) is 8.99. The van der Waals surface area contributed by atoms with Gasteiger partial charge in [-0.3, -0.25) is 19.2 Å². The molecule has 8 nitrogen and oxygen atoms in total. The predicted molar refractivity (Wildman–Crippen MR) is 138 cm³/mol. The van der Waals surface area contributed by atoms with Crippen LogP contribution in [-0.2, 0) is 9.59 Å². The number of amides is 2. The molecule has 0 fully saturated rings. The number of pyridine rings is 1. The molecule has 0 aliphatic carbocycles. The lowest BCUT2D eigenvalue weighted by Gasteiger charge is -2.21. The zero-order valence-corrected chi connectivity index (χ0v) is 21.4. The van der Waals surface area contributed by atoms with Gasteiger partial charge >= 0.3 is 5.97 Å². The topological polar surface area (TPSA) is 128 Å². The summed E-state index contributed by atoms with van der Waals surface area (Å²) in [5.74, 6) is -3.34. The molecular weight excluding hydrogens is 477 g/mol. The second kappa shape index (κ2) is 11.2. The average Bonchev–Trinajstić information content (AvgIpc) is 2.78. The summed E-state index contributed by atoms with van der Waals surface area (Å²) in [5, 5.41) is 14.3. The molecule has 0 saturated heterocycles. The van der Waals surface area contributed by atoms with Gasteiger partial charge in [0.15, 0.2) is 0 Å². The SMILES string of the molecule is Cc1cc(C)c(-c2cc(C)c(F)c(C(CC(=O)O)NC(=O)CNC(=O)c3ccc(C)[nH]c3=O)c2)c(C)c1. The highest BCUT2D eigenvalue weighted by Crippen LogP contribution is 2.33. The monoisotopic (exact) mass is 507 g/mol. The van der Waals surface area contributed by atoms with Crippen molar-refractivity contribution in [3.05, 3.63) is 91.6 Å². The summed E-state index contributed by atoms with van der Waals surface area (Å²) in [4.78, 5) is 51.1. The molecule has 0 saturated carbocycles. The molecule has 37 heavy (non-hydrogen) atoms. The highest BCUT2D eigenvalue weighted by Gasteiger charge is 2.24. The largest absolute Gasteiger partial charge is 0.481 e. The lowest BCUT2D eigenvalue weighted by molar-refractivity contribution is -0.137. The number of hydrogen-bond acceptors (Lipinski definition) is 4. The number of carbonyl (C=O) groups excluding carboxylic acids is 2. The Labute approximate surface area is 213 Å². The van der Waals surface area contributed by atoms with E-state index in [1.54, 1.807) is 32.0 Å². The van der Waals surface area contributed by atoms with Crippen molar-refractivity contribution in [1.82, 2.24) is 15.6 Å². The smallest absolute Gasteiger partial charge is 0.305 e. The molecule has 0 spiro atoms. The van der Waals surface area contributed by atoms with Gasteiger partial charge in [0.2, 0.25) is 5.91 Å². The van der Waals surface area contributed by atoms with Crippen molar-refractivity contribution in [3.63, 3.8) is 0 Å². The molecular formula is C28H30FN3O5. The van der Waals surface area contributed by atoms with Gasteiger partial charge in [0.25, 0.3) is 11.5 Å². The van der Waals surface area contributed by atoms with Crippen LogP contribution in [0.1, 0.15) is 56.3 Å². The Morgan fingerprint density at radius 1 is 0.973 bits per heavy atom. The van der Waals surface area contributed by atoms with Gasteiger partial charge in [-0.15, -0.1) is 0 Å². The second-order valence-electron chi connectivity index (χ2n) is 9.25. The van der Waals surface area contributed by atoms with Crippen LogP contribution in [0.2, 0.25) is 0 Å². The number of H-pyrrole nitrogens is 1. The van der Waals surface area contributed by atoms with E-state index in [-0.39, 0.29) is 11.1 Å². The molecule has 0 radical (unpaired) electrons. The summed E-state index contributed by atoms with van der Waals surface area (Å²) in [6.07, 6.45) is -0.566. The van der Waals surface area contributed by atoms with Crippen molar-refractivity contribution in [3.8, 4) is 11.1 Å². The molecule has 3 rings (SSSR count). The van der Waals surface area contributed by atoms with E-state index in [9.17, 15) is 24.3 Å². The second-order valence-corrected chi connectivity index (χ2v) is 9.25. The van der Waals surface area contributed by atoms with Crippen molar-refractivity contribution < 1.29 is 23.9 Å². The van der Waals surface area contributed by atoms with Crippen molar-refractivity contribution in [2.75, 3.05) is 6.54 Å². The number of aromatic nitrogens is 1. The molecule has 1 unspecified atom stereocenters. The number of carboxylic acids is 1. The molecule has 2 aromatic carbocycles. The van der Waals surface area contributed by atoms with E-state index < -0.39 is 48.2 Å². The molecule has 2 amide bonds. The number of aryl methyl sites for hydroxylation is 5. The standard InChI is InChI=1S/C28H30FN3O5/c1-14-8-15(2)25(16(3)9-14)19-10-17(4)26(29)21(11-19)22(12-24(34)35)32-23(33)13-30-27(36)20-7-6-18(5)31-28(20)37/h6-11,22H,12-13H2,1-5H3,(H,30,36)(H,31,37)(H,32,33)(H,34,35). The number of aliphatic carboxylic acids is 1. The van der Waals surface area contributed by atoms with Gasteiger partial charge in [-0.2, -0.15) is 0 Å². The molecule has 194 valence electrons. The molecule has 1 atom stereocenters. The van der Waals surface area contributed by atoms with E-state index in [0.717, 1.165) is 22.3 Å². The maximum atomic E-state index is 15.3. The Morgan fingerprint density at radius 2 is 1.62 bits per heavy atom. The summed E-state index contributed by atoms with van der Waals surface area (Å²) in [7, 11) is 0. The van der Waals surface area contributed by atoms with E-state index in [1.165, 1.54) is 6.07 Å². The molecule has 1 aromatic heterocycles. The summed E-state index contributed by atoms with van der Waals surface area (Å²) < 4.78 is 15.3. The van der Waals surface area contributed by atoms with E-state index in [1.807, 2.05) is 32.9 Å². The van der Waals surface area contributed by atoms with Crippen molar-refractivity contribution in [2.24, 2.45) is 0 Å². The van der Waals surface area contributed by atoms with Crippen molar-refractivity contribution in [1.29, 1.82) is 0 Å². The van der Waals surface area contributed by atoms with E-state index >= 15 is 4.39 Å². The quantitative estimate of drug-likeness (QED) is 0.369. The maximum Gasteiger partial charge on any atom is 0.305 e. The maximum absolute atomic E-state index is 15.3. The first-order valence-electron chi connectivity index (χ1n) is 11.7. The Bertz CT molecular complexity index is 1420. The zero-order chi connectivity index (χ0) is 27.4. The number of benzene rings is 2. The van der Waals surface area contributed by atoms with Crippen LogP contribution in [0.4, 0.5) is 4.39 Å². The molecule has 0 aliphatic rings. The average molecular weight is 508 g/mol. The van der Waals surface area contributed by atoms with Crippen LogP contribution in [0.5, 0.6) is 0 Å². The van der Waals surface area contributed by atoms with Crippen molar-refractivity contribution in [2.45, 2.75) is 47.1 Å². The minimum atomic E-state index is -1.23. The fourth-order valence-electron chi connectivity index (χ4n) is 4.50. The van der Waals surface area contributed by atoms with Crippen LogP contribution >= 0.6 is 0 Å². The third kappa shape index (κ3) is 6.49.